The Hall–Kier alpha value is -1.94. The van der Waals surface area contributed by atoms with Gasteiger partial charge in [0.25, 0.3) is 0 Å². The van der Waals surface area contributed by atoms with Gasteiger partial charge in [-0.05, 0) is 56.9 Å². The van der Waals surface area contributed by atoms with Crippen molar-refractivity contribution in [3.63, 3.8) is 0 Å². The summed E-state index contributed by atoms with van der Waals surface area (Å²) in [5.74, 6) is 0.395. The van der Waals surface area contributed by atoms with Crippen LogP contribution in [0.25, 0.3) is 0 Å². The molecule has 0 saturated carbocycles. The van der Waals surface area contributed by atoms with Crippen molar-refractivity contribution in [3.05, 3.63) is 65.2 Å². The van der Waals surface area contributed by atoms with Crippen molar-refractivity contribution in [3.8, 4) is 5.75 Å². The number of guanidine groups is 1. The van der Waals surface area contributed by atoms with Crippen LogP contribution in [0.3, 0.4) is 0 Å². The second-order valence-corrected chi connectivity index (χ2v) is 6.57. The molecule has 0 aromatic heterocycles. The number of nitrogens with zero attached hydrogens (tertiary/aromatic N) is 2. The van der Waals surface area contributed by atoms with E-state index in [9.17, 15) is 8.78 Å². The molecule has 0 amide bonds. The maximum Gasteiger partial charge on any atom is 0.191 e. The first kappa shape index (κ1) is 25.1. The van der Waals surface area contributed by atoms with Crippen LogP contribution in [0.5, 0.6) is 5.75 Å². The number of rotatable bonds is 8. The highest BCUT2D eigenvalue weighted by Crippen LogP contribution is 2.22. The van der Waals surface area contributed by atoms with Gasteiger partial charge in [-0.3, -0.25) is 0 Å². The smallest absolute Gasteiger partial charge is 0.191 e. The largest absolute Gasteiger partial charge is 0.497 e. The van der Waals surface area contributed by atoms with Crippen LogP contribution in [0.2, 0.25) is 0 Å². The average molecular weight is 518 g/mol. The number of halogens is 3. The highest BCUT2D eigenvalue weighted by atomic mass is 127. The fourth-order valence-corrected chi connectivity index (χ4v) is 2.81. The number of likely N-dealkylation sites (N-methyl/N-ethyl adjacent to an activating group) is 1. The summed E-state index contributed by atoms with van der Waals surface area (Å²) >= 11 is 0. The molecule has 8 heteroatoms. The summed E-state index contributed by atoms with van der Waals surface area (Å²) in [7, 11) is 5.64. The zero-order valence-electron chi connectivity index (χ0n) is 17.2. The number of hydrogen-bond donors (Lipinski definition) is 2. The van der Waals surface area contributed by atoms with E-state index in [1.807, 2.05) is 45.3 Å². The van der Waals surface area contributed by atoms with E-state index in [0.29, 0.717) is 19.0 Å². The van der Waals surface area contributed by atoms with Crippen LogP contribution in [0.1, 0.15) is 24.1 Å². The maximum atomic E-state index is 13.8. The number of hydrogen-bond acceptors (Lipinski definition) is 3. The zero-order valence-corrected chi connectivity index (χ0v) is 19.5. The van der Waals surface area contributed by atoms with Gasteiger partial charge < -0.3 is 20.3 Å². The van der Waals surface area contributed by atoms with Crippen LogP contribution in [0, 0.1) is 11.6 Å². The highest BCUT2D eigenvalue weighted by molar-refractivity contribution is 14.0. The zero-order chi connectivity index (χ0) is 20.5. The summed E-state index contributed by atoms with van der Waals surface area (Å²) in [6.07, 6.45) is 0. The highest BCUT2D eigenvalue weighted by Gasteiger charge is 2.15. The number of aliphatic imine (C=N–C) groups is 1. The Kier molecular flexibility index (Phi) is 10.9. The van der Waals surface area contributed by atoms with Crippen molar-refractivity contribution in [2.24, 2.45) is 4.99 Å². The third-order valence-electron chi connectivity index (χ3n) is 4.32. The summed E-state index contributed by atoms with van der Waals surface area (Å²) < 4.78 is 32.5. The molecule has 0 bridgehead atoms. The van der Waals surface area contributed by atoms with Crippen molar-refractivity contribution in [2.75, 3.05) is 34.3 Å². The molecule has 29 heavy (non-hydrogen) atoms. The molecule has 5 nitrogen and oxygen atoms in total. The number of nitrogens with one attached hydrogen (secondary N) is 2. The molecule has 0 radical (unpaired) electrons. The van der Waals surface area contributed by atoms with Crippen LogP contribution < -0.4 is 15.4 Å². The number of ether oxygens (including phenoxy) is 1. The minimum atomic E-state index is -0.477. The van der Waals surface area contributed by atoms with Gasteiger partial charge in [0.2, 0.25) is 0 Å². The summed E-state index contributed by atoms with van der Waals surface area (Å²) in [6, 6.07) is 11.4. The molecule has 0 fully saturated rings. The minimum Gasteiger partial charge on any atom is -0.497 e. The van der Waals surface area contributed by atoms with Crippen molar-refractivity contribution in [2.45, 2.75) is 19.5 Å². The molecule has 2 rings (SSSR count). The molecule has 2 aromatic carbocycles. The van der Waals surface area contributed by atoms with E-state index < -0.39 is 11.6 Å². The number of methoxy groups -OCH3 is 1. The van der Waals surface area contributed by atoms with Crippen molar-refractivity contribution in [1.82, 2.24) is 15.5 Å². The van der Waals surface area contributed by atoms with E-state index in [1.54, 1.807) is 7.11 Å². The Bertz CT molecular complexity index is 802. The Morgan fingerprint density at radius 2 is 1.90 bits per heavy atom. The van der Waals surface area contributed by atoms with Gasteiger partial charge in [-0.1, -0.05) is 12.1 Å². The van der Waals surface area contributed by atoms with Gasteiger partial charge >= 0.3 is 0 Å². The Labute approximate surface area is 188 Å². The summed E-state index contributed by atoms with van der Waals surface area (Å²) in [5.41, 5.74) is 1.32. The molecule has 0 aliphatic rings. The predicted molar refractivity (Wildman–Crippen MR) is 124 cm³/mol. The van der Waals surface area contributed by atoms with Gasteiger partial charge in [-0.25, -0.2) is 13.8 Å². The van der Waals surface area contributed by atoms with Crippen LogP contribution in [-0.4, -0.2) is 45.2 Å². The fourth-order valence-electron chi connectivity index (χ4n) is 2.81. The first-order valence-electron chi connectivity index (χ1n) is 9.21. The Morgan fingerprint density at radius 3 is 2.55 bits per heavy atom. The minimum absolute atomic E-state index is 0. The lowest BCUT2D eigenvalue weighted by molar-refractivity contribution is 0.297. The summed E-state index contributed by atoms with van der Waals surface area (Å²) in [6.45, 7) is 3.23. The van der Waals surface area contributed by atoms with Gasteiger partial charge in [0.1, 0.15) is 17.4 Å². The molecular formula is C21H29F2IN4O. The topological polar surface area (TPSA) is 48.9 Å². The van der Waals surface area contributed by atoms with Crippen molar-refractivity contribution >= 4 is 29.9 Å². The van der Waals surface area contributed by atoms with E-state index >= 15 is 0 Å². The monoisotopic (exact) mass is 518 g/mol. The van der Waals surface area contributed by atoms with E-state index in [4.69, 9.17) is 4.74 Å². The predicted octanol–water partition coefficient (Wildman–Crippen LogP) is 3.95. The quantitative estimate of drug-likeness (QED) is 0.316. The number of benzene rings is 2. The normalized spacial score (nSPS) is 12.3. The lowest BCUT2D eigenvalue weighted by Crippen LogP contribution is -2.41. The SMILES string of the molecule is CCNC(=NCc1cc(F)ccc1F)NCC(c1cccc(OC)c1)N(C)C.I. The first-order chi connectivity index (χ1) is 13.4. The van der Waals surface area contributed by atoms with Crippen LogP contribution in [-0.2, 0) is 6.54 Å². The third kappa shape index (κ3) is 7.77. The van der Waals surface area contributed by atoms with E-state index in [0.717, 1.165) is 23.4 Å². The third-order valence-corrected chi connectivity index (χ3v) is 4.32. The van der Waals surface area contributed by atoms with Gasteiger partial charge in [0.05, 0.1) is 19.7 Å². The van der Waals surface area contributed by atoms with Crippen molar-refractivity contribution in [1.29, 1.82) is 0 Å². The summed E-state index contributed by atoms with van der Waals surface area (Å²) in [5, 5.41) is 6.42. The second kappa shape index (κ2) is 12.6. The van der Waals surface area contributed by atoms with Crippen LogP contribution in [0.15, 0.2) is 47.5 Å². The average Bonchev–Trinajstić information content (AvgIpc) is 2.68. The molecule has 1 atom stereocenters. The molecule has 0 saturated heterocycles. The molecule has 0 spiro atoms. The fraction of sp³-hybridized carbons (Fsp3) is 0.381. The van der Waals surface area contributed by atoms with Gasteiger partial charge in [-0.2, -0.15) is 0 Å². The Balaban J connectivity index is 0.00000420. The molecular weight excluding hydrogens is 489 g/mol. The molecule has 0 heterocycles. The van der Waals surface area contributed by atoms with E-state index in [1.165, 1.54) is 6.07 Å². The van der Waals surface area contributed by atoms with Crippen LogP contribution >= 0.6 is 24.0 Å². The molecule has 0 aliphatic carbocycles. The molecule has 2 N–H and O–H groups in total. The standard InChI is InChI=1S/C21H28F2N4O.HI/c1-5-24-21(25-13-16-11-17(22)9-10-19(16)23)26-14-20(27(2)3)15-7-6-8-18(12-15)28-4;/h6-12,20H,5,13-14H2,1-4H3,(H2,24,25,26);1H. The van der Waals surface area contributed by atoms with Gasteiger partial charge in [0, 0.05) is 18.7 Å². The molecule has 1 unspecified atom stereocenters. The molecule has 0 aliphatic heterocycles. The van der Waals surface area contributed by atoms with Gasteiger partial charge in [-0.15, -0.1) is 24.0 Å². The lowest BCUT2D eigenvalue weighted by atomic mass is 10.1. The lowest BCUT2D eigenvalue weighted by Gasteiger charge is -2.26. The van der Waals surface area contributed by atoms with Crippen LogP contribution in [0.4, 0.5) is 8.78 Å². The van der Waals surface area contributed by atoms with Crippen molar-refractivity contribution < 1.29 is 13.5 Å². The van der Waals surface area contributed by atoms with E-state index in [2.05, 4.69) is 20.5 Å². The van der Waals surface area contributed by atoms with E-state index in [-0.39, 0.29) is 42.1 Å². The Morgan fingerprint density at radius 1 is 1.14 bits per heavy atom. The molecule has 160 valence electrons. The molecule has 2 aromatic rings. The second-order valence-electron chi connectivity index (χ2n) is 6.57. The first-order valence-corrected chi connectivity index (χ1v) is 9.21. The summed E-state index contributed by atoms with van der Waals surface area (Å²) in [4.78, 5) is 6.48. The van der Waals surface area contributed by atoms with Gasteiger partial charge in [0.15, 0.2) is 5.96 Å². The maximum absolute atomic E-state index is 13.8.